The normalized spacial score (nSPS) is 24.1. The van der Waals surface area contributed by atoms with Gasteiger partial charge in [0.25, 0.3) is 0 Å². The molecule has 0 bridgehead atoms. The lowest BCUT2D eigenvalue weighted by molar-refractivity contribution is 0.686. The Hall–Kier alpha value is 0.0900. The van der Waals surface area contributed by atoms with Gasteiger partial charge in [-0.2, -0.15) is 0 Å². The Morgan fingerprint density at radius 3 is 2.43 bits per heavy atom. The summed E-state index contributed by atoms with van der Waals surface area (Å²) in [6.45, 7) is 2.20. The van der Waals surface area contributed by atoms with Gasteiger partial charge in [-0.25, -0.2) is 0 Å². The van der Waals surface area contributed by atoms with Crippen LogP contribution in [-0.2, 0) is 0 Å². The van der Waals surface area contributed by atoms with Crippen LogP contribution in [0.2, 0.25) is 0 Å². The number of hydrogen-bond acceptors (Lipinski definition) is 1. The Balaban J connectivity index is 2.22. The van der Waals surface area contributed by atoms with Crippen LogP contribution in [0.5, 0.6) is 0 Å². The lowest BCUT2D eigenvalue weighted by atomic mass is 10.1. The minimum Gasteiger partial charge on any atom is -0.0932 e. The van der Waals surface area contributed by atoms with E-state index in [2.05, 4.69) is 6.92 Å². The highest BCUT2D eigenvalue weighted by molar-refractivity contribution is 7.79. The summed E-state index contributed by atoms with van der Waals surface area (Å²) < 4.78 is 0. The molecule has 0 N–H and O–H groups in total. The third-order valence-corrected chi connectivity index (χ3v) is 2.01. The second-order valence-electron chi connectivity index (χ2n) is 2.33. The maximum Gasteiger partial charge on any atom is -0.0129 e. The average Bonchev–Trinajstić information content (AvgIpc) is 2.44. The zero-order valence-corrected chi connectivity index (χ0v) is 5.37. The van der Waals surface area contributed by atoms with Gasteiger partial charge in [-0.3, -0.25) is 0 Å². The number of thiocarbonyl (C=S) groups is 1. The van der Waals surface area contributed by atoms with Crippen LogP contribution in [0.15, 0.2) is 0 Å². The molecule has 0 heterocycles. The van der Waals surface area contributed by atoms with Crippen LogP contribution in [0.3, 0.4) is 0 Å². The van der Waals surface area contributed by atoms with E-state index in [4.69, 9.17) is 12.2 Å². The first-order valence-corrected chi connectivity index (χ1v) is 3.27. The Morgan fingerprint density at radius 1 is 1.71 bits per heavy atom. The van der Waals surface area contributed by atoms with Gasteiger partial charge in [-0.05, 0) is 30.0 Å². The summed E-state index contributed by atoms with van der Waals surface area (Å²) in [4.78, 5) is 0. The molecular formula is C6H10S. The van der Waals surface area contributed by atoms with Gasteiger partial charge in [0.1, 0.15) is 0 Å². The molecule has 7 heavy (non-hydrogen) atoms. The lowest BCUT2D eigenvalue weighted by Crippen LogP contribution is -1.94. The van der Waals surface area contributed by atoms with Crippen molar-refractivity contribution >= 4 is 17.6 Å². The topological polar surface area (TPSA) is 0 Å². The molecule has 0 radical (unpaired) electrons. The fraction of sp³-hybridized carbons (Fsp3) is 0.833. The van der Waals surface area contributed by atoms with E-state index in [-0.39, 0.29) is 0 Å². The highest BCUT2D eigenvalue weighted by atomic mass is 32.1. The van der Waals surface area contributed by atoms with Gasteiger partial charge in [-0.15, -0.1) is 0 Å². The fourth-order valence-electron chi connectivity index (χ4n) is 0.733. The van der Waals surface area contributed by atoms with Crippen molar-refractivity contribution in [1.82, 2.24) is 0 Å². The van der Waals surface area contributed by atoms with E-state index >= 15 is 0 Å². The van der Waals surface area contributed by atoms with E-state index in [9.17, 15) is 0 Å². The number of hydrogen-bond donors (Lipinski definition) is 0. The highest BCUT2D eigenvalue weighted by Crippen LogP contribution is 2.35. The summed E-state index contributed by atoms with van der Waals surface area (Å²) >= 11 is 4.77. The molecule has 40 valence electrons. The van der Waals surface area contributed by atoms with Crippen molar-refractivity contribution in [3.05, 3.63) is 0 Å². The lowest BCUT2D eigenvalue weighted by Gasteiger charge is -1.95. The summed E-state index contributed by atoms with van der Waals surface area (Å²) in [5, 5.41) is 1.89. The Kier molecular flexibility index (Phi) is 1.43. The second kappa shape index (κ2) is 1.91. The molecule has 0 aromatic rings. The van der Waals surface area contributed by atoms with Gasteiger partial charge in [0, 0.05) is 0 Å². The zero-order chi connectivity index (χ0) is 5.28. The van der Waals surface area contributed by atoms with Crippen LogP contribution in [0.1, 0.15) is 19.8 Å². The van der Waals surface area contributed by atoms with E-state index in [1.165, 1.54) is 12.8 Å². The third-order valence-electron chi connectivity index (χ3n) is 1.58. The zero-order valence-electron chi connectivity index (χ0n) is 4.55. The van der Waals surface area contributed by atoms with Crippen molar-refractivity contribution < 1.29 is 0 Å². The first kappa shape index (κ1) is 5.23. The molecule has 1 fully saturated rings. The van der Waals surface area contributed by atoms with Crippen molar-refractivity contribution in [3.63, 3.8) is 0 Å². The van der Waals surface area contributed by atoms with Crippen LogP contribution in [-0.4, -0.2) is 5.37 Å². The molecule has 1 unspecified atom stereocenters. The SMILES string of the molecule is CC(C=S)C1CC1. The van der Waals surface area contributed by atoms with Crippen molar-refractivity contribution in [2.24, 2.45) is 11.8 Å². The summed E-state index contributed by atoms with van der Waals surface area (Å²) in [5.41, 5.74) is 0. The minimum atomic E-state index is 0.704. The molecule has 1 atom stereocenters. The summed E-state index contributed by atoms with van der Waals surface area (Å²) in [5.74, 6) is 1.66. The average molecular weight is 114 g/mol. The Morgan fingerprint density at radius 2 is 2.29 bits per heavy atom. The minimum absolute atomic E-state index is 0.704. The van der Waals surface area contributed by atoms with Crippen molar-refractivity contribution in [2.75, 3.05) is 0 Å². The molecule has 1 aliphatic rings. The highest BCUT2D eigenvalue weighted by Gasteiger charge is 2.25. The molecule has 0 amide bonds. The number of rotatable bonds is 2. The van der Waals surface area contributed by atoms with Gasteiger partial charge in [-0.1, -0.05) is 19.1 Å². The molecule has 0 aromatic heterocycles. The van der Waals surface area contributed by atoms with Crippen LogP contribution in [0.25, 0.3) is 0 Å². The van der Waals surface area contributed by atoms with Gasteiger partial charge < -0.3 is 0 Å². The van der Waals surface area contributed by atoms with Crippen LogP contribution >= 0.6 is 12.2 Å². The predicted molar refractivity (Wildman–Crippen MR) is 35.5 cm³/mol. The molecule has 0 nitrogen and oxygen atoms in total. The molecule has 1 saturated carbocycles. The van der Waals surface area contributed by atoms with Crippen molar-refractivity contribution in [1.29, 1.82) is 0 Å². The molecule has 1 rings (SSSR count). The summed E-state index contributed by atoms with van der Waals surface area (Å²) in [6, 6.07) is 0. The quantitative estimate of drug-likeness (QED) is 0.495. The second-order valence-corrected chi connectivity index (χ2v) is 2.60. The standard InChI is InChI=1S/C6H10S/c1-5(4-7)6-2-3-6/h4-6H,2-3H2,1H3. The first-order chi connectivity index (χ1) is 3.34. The van der Waals surface area contributed by atoms with Crippen molar-refractivity contribution in [2.45, 2.75) is 19.8 Å². The Bertz CT molecular complexity index is 74.2. The smallest absolute Gasteiger partial charge is 0.0129 e. The van der Waals surface area contributed by atoms with E-state index in [1.54, 1.807) is 0 Å². The molecule has 0 aliphatic heterocycles. The van der Waals surface area contributed by atoms with Crippen LogP contribution in [0, 0.1) is 11.8 Å². The van der Waals surface area contributed by atoms with Crippen LogP contribution < -0.4 is 0 Å². The summed E-state index contributed by atoms with van der Waals surface area (Å²) in [6.07, 6.45) is 2.82. The molecule has 1 heteroatoms. The fourth-order valence-corrected chi connectivity index (χ4v) is 0.955. The molecule has 1 aliphatic carbocycles. The van der Waals surface area contributed by atoms with Gasteiger partial charge in [0.05, 0.1) is 0 Å². The molecule has 0 saturated heterocycles. The first-order valence-electron chi connectivity index (χ1n) is 2.80. The van der Waals surface area contributed by atoms with Gasteiger partial charge in [0.2, 0.25) is 0 Å². The Labute approximate surface area is 49.9 Å². The predicted octanol–water partition coefficient (Wildman–Crippen LogP) is 2.03. The van der Waals surface area contributed by atoms with Crippen molar-refractivity contribution in [3.8, 4) is 0 Å². The van der Waals surface area contributed by atoms with E-state index < -0.39 is 0 Å². The maximum absolute atomic E-state index is 4.77. The maximum atomic E-state index is 4.77. The third kappa shape index (κ3) is 1.23. The molecule has 0 spiro atoms. The largest absolute Gasteiger partial charge is 0.0932 e. The summed E-state index contributed by atoms with van der Waals surface area (Å²) in [7, 11) is 0. The van der Waals surface area contributed by atoms with Crippen LogP contribution in [0.4, 0.5) is 0 Å². The van der Waals surface area contributed by atoms with E-state index in [1.807, 2.05) is 5.37 Å². The van der Waals surface area contributed by atoms with E-state index in [0.717, 1.165) is 5.92 Å². The van der Waals surface area contributed by atoms with Gasteiger partial charge in [0.15, 0.2) is 0 Å². The monoisotopic (exact) mass is 114 g/mol. The van der Waals surface area contributed by atoms with Gasteiger partial charge >= 0.3 is 0 Å². The van der Waals surface area contributed by atoms with E-state index in [0.29, 0.717) is 5.92 Å². The molecule has 0 aromatic carbocycles. The molecular weight excluding hydrogens is 104 g/mol.